The number of carboxylic acid groups (broad SMARTS) is 1. The molecule has 16 heavy (non-hydrogen) atoms. The van der Waals surface area contributed by atoms with Gasteiger partial charge in [0.15, 0.2) is 0 Å². The molecule has 1 N–H and O–H groups in total. The predicted molar refractivity (Wildman–Crippen MR) is 58.9 cm³/mol. The molecule has 1 aliphatic heterocycles. The average Bonchev–Trinajstić information content (AvgIpc) is 2.77. The van der Waals surface area contributed by atoms with Gasteiger partial charge in [0.2, 0.25) is 0 Å². The topological polar surface area (TPSA) is 58.4 Å². The highest BCUT2D eigenvalue weighted by atomic mass is 16.4. The van der Waals surface area contributed by atoms with Crippen LogP contribution in [0.15, 0.2) is 12.4 Å². The van der Waals surface area contributed by atoms with Crippen molar-refractivity contribution in [1.29, 1.82) is 0 Å². The van der Waals surface area contributed by atoms with Crippen LogP contribution < -0.4 is 0 Å². The Labute approximate surface area is 94.7 Å². The Morgan fingerprint density at radius 3 is 3.00 bits per heavy atom. The lowest BCUT2D eigenvalue weighted by Gasteiger charge is -2.30. The molecule has 1 unspecified atom stereocenters. The molecule has 1 aliphatic rings. The largest absolute Gasteiger partial charge is 0.480 e. The van der Waals surface area contributed by atoms with Gasteiger partial charge in [0.1, 0.15) is 11.4 Å². The van der Waals surface area contributed by atoms with E-state index in [0.717, 1.165) is 18.8 Å². The summed E-state index contributed by atoms with van der Waals surface area (Å²) in [5.74, 6) is 0.175. The highest BCUT2D eigenvalue weighted by Crippen LogP contribution is 2.30. The van der Waals surface area contributed by atoms with Crippen LogP contribution >= 0.6 is 0 Å². The molecule has 2 rings (SSSR count). The molecule has 0 amide bonds. The lowest BCUT2D eigenvalue weighted by Crippen LogP contribution is -2.47. The molecule has 1 aromatic rings. The average molecular weight is 223 g/mol. The van der Waals surface area contributed by atoms with Gasteiger partial charge >= 0.3 is 5.97 Å². The quantitative estimate of drug-likeness (QED) is 0.825. The number of aliphatic carboxylic acids is 1. The molecular weight excluding hydrogens is 206 g/mol. The van der Waals surface area contributed by atoms with E-state index in [-0.39, 0.29) is 0 Å². The molecule has 5 nitrogen and oxygen atoms in total. The van der Waals surface area contributed by atoms with Crippen LogP contribution in [-0.4, -0.2) is 37.6 Å². The van der Waals surface area contributed by atoms with Crippen molar-refractivity contribution in [3.63, 3.8) is 0 Å². The SMILES string of the molecule is Cn1ccnc1CN1CCCC1(C)C(=O)O. The standard InChI is InChI=1S/C11H17N3O2/c1-11(10(15)16)4-3-6-14(11)8-9-12-5-7-13(9)2/h5,7H,3-4,6,8H2,1-2H3,(H,15,16). The number of aryl methyl sites for hydroxylation is 1. The highest BCUT2D eigenvalue weighted by molar-refractivity contribution is 5.78. The number of imidazole rings is 1. The maximum atomic E-state index is 11.3. The van der Waals surface area contributed by atoms with E-state index in [0.29, 0.717) is 13.0 Å². The van der Waals surface area contributed by atoms with Crippen LogP contribution in [0.3, 0.4) is 0 Å². The van der Waals surface area contributed by atoms with Crippen LogP contribution in [0.25, 0.3) is 0 Å². The Bertz CT molecular complexity index is 402. The monoisotopic (exact) mass is 223 g/mol. The molecule has 0 aliphatic carbocycles. The maximum absolute atomic E-state index is 11.3. The minimum absolute atomic E-state index is 0.603. The Kier molecular flexibility index (Phi) is 2.71. The fourth-order valence-electron chi connectivity index (χ4n) is 2.23. The fraction of sp³-hybridized carbons (Fsp3) is 0.636. The third-order valence-corrected chi connectivity index (χ3v) is 3.50. The van der Waals surface area contributed by atoms with Gasteiger partial charge in [-0.15, -0.1) is 0 Å². The van der Waals surface area contributed by atoms with Gasteiger partial charge in [-0.25, -0.2) is 4.98 Å². The molecule has 0 saturated carbocycles. The number of carbonyl (C=O) groups is 1. The van der Waals surface area contributed by atoms with Gasteiger partial charge in [0, 0.05) is 19.4 Å². The van der Waals surface area contributed by atoms with E-state index in [1.54, 1.807) is 13.1 Å². The van der Waals surface area contributed by atoms with E-state index in [9.17, 15) is 9.90 Å². The molecule has 2 heterocycles. The second-order valence-electron chi connectivity index (χ2n) is 4.56. The van der Waals surface area contributed by atoms with Crippen molar-refractivity contribution in [1.82, 2.24) is 14.5 Å². The van der Waals surface area contributed by atoms with Gasteiger partial charge in [0.25, 0.3) is 0 Å². The first-order valence-electron chi connectivity index (χ1n) is 5.49. The minimum Gasteiger partial charge on any atom is -0.480 e. The van der Waals surface area contributed by atoms with E-state index >= 15 is 0 Å². The summed E-state index contributed by atoms with van der Waals surface area (Å²) in [6, 6.07) is 0. The van der Waals surface area contributed by atoms with Gasteiger partial charge in [0.05, 0.1) is 6.54 Å². The van der Waals surface area contributed by atoms with E-state index < -0.39 is 11.5 Å². The number of carboxylic acids is 1. The smallest absolute Gasteiger partial charge is 0.323 e. The number of rotatable bonds is 3. The summed E-state index contributed by atoms with van der Waals surface area (Å²) in [7, 11) is 1.93. The first kappa shape index (κ1) is 11.1. The van der Waals surface area contributed by atoms with Crippen molar-refractivity contribution in [3.05, 3.63) is 18.2 Å². The molecule has 0 bridgehead atoms. The summed E-state index contributed by atoms with van der Waals surface area (Å²) in [5.41, 5.74) is -0.730. The number of hydrogen-bond donors (Lipinski definition) is 1. The summed E-state index contributed by atoms with van der Waals surface area (Å²) >= 11 is 0. The molecule has 0 aromatic carbocycles. The van der Waals surface area contributed by atoms with Crippen molar-refractivity contribution in [3.8, 4) is 0 Å². The number of nitrogens with zero attached hydrogens (tertiary/aromatic N) is 3. The molecular formula is C11H17N3O2. The second kappa shape index (κ2) is 3.90. The Hall–Kier alpha value is -1.36. The van der Waals surface area contributed by atoms with E-state index in [1.807, 2.05) is 22.7 Å². The highest BCUT2D eigenvalue weighted by Gasteiger charge is 2.43. The van der Waals surface area contributed by atoms with Crippen LogP contribution in [0.5, 0.6) is 0 Å². The molecule has 1 fully saturated rings. The van der Waals surface area contributed by atoms with Crippen LogP contribution in [0.2, 0.25) is 0 Å². The lowest BCUT2D eigenvalue weighted by molar-refractivity contribution is -0.149. The third kappa shape index (κ3) is 1.71. The lowest BCUT2D eigenvalue weighted by atomic mass is 9.99. The molecule has 1 atom stereocenters. The van der Waals surface area contributed by atoms with Gasteiger partial charge < -0.3 is 9.67 Å². The summed E-state index contributed by atoms with van der Waals surface area (Å²) in [6.07, 6.45) is 5.27. The number of aromatic nitrogens is 2. The van der Waals surface area contributed by atoms with Crippen molar-refractivity contribution < 1.29 is 9.90 Å². The molecule has 5 heteroatoms. The van der Waals surface area contributed by atoms with Crippen LogP contribution in [0.1, 0.15) is 25.6 Å². The fourth-order valence-corrected chi connectivity index (χ4v) is 2.23. The normalized spacial score (nSPS) is 26.1. The van der Waals surface area contributed by atoms with Crippen LogP contribution in [0, 0.1) is 0 Å². The van der Waals surface area contributed by atoms with E-state index in [2.05, 4.69) is 4.98 Å². The van der Waals surface area contributed by atoms with E-state index in [1.165, 1.54) is 0 Å². The Morgan fingerprint density at radius 2 is 2.44 bits per heavy atom. The molecule has 88 valence electrons. The molecule has 0 spiro atoms. The Balaban J connectivity index is 2.16. The van der Waals surface area contributed by atoms with Gasteiger partial charge in [-0.2, -0.15) is 0 Å². The third-order valence-electron chi connectivity index (χ3n) is 3.50. The van der Waals surface area contributed by atoms with E-state index in [4.69, 9.17) is 0 Å². The number of hydrogen-bond acceptors (Lipinski definition) is 3. The zero-order chi connectivity index (χ0) is 11.8. The summed E-state index contributed by atoms with van der Waals surface area (Å²) in [5, 5.41) is 9.27. The zero-order valence-electron chi connectivity index (χ0n) is 9.68. The first-order chi connectivity index (χ1) is 7.54. The predicted octanol–water partition coefficient (Wildman–Crippen LogP) is 0.859. The zero-order valence-corrected chi connectivity index (χ0v) is 9.68. The minimum atomic E-state index is -0.737. The summed E-state index contributed by atoms with van der Waals surface area (Å²) in [6.45, 7) is 3.23. The van der Waals surface area contributed by atoms with Gasteiger partial charge in [-0.3, -0.25) is 9.69 Å². The van der Waals surface area contributed by atoms with Gasteiger partial charge in [-0.05, 0) is 26.3 Å². The molecule has 1 saturated heterocycles. The molecule has 0 radical (unpaired) electrons. The van der Waals surface area contributed by atoms with Crippen LogP contribution in [0.4, 0.5) is 0 Å². The van der Waals surface area contributed by atoms with Gasteiger partial charge in [-0.1, -0.05) is 0 Å². The van der Waals surface area contributed by atoms with Crippen molar-refractivity contribution in [2.45, 2.75) is 31.8 Å². The summed E-state index contributed by atoms with van der Waals surface area (Å²) in [4.78, 5) is 17.5. The summed E-state index contributed by atoms with van der Waals surface area (Å²) < 4.78 is 1.93. The van der Waals surface area contributed by atoms with Crippen molar-refractivity contribution in [2.75, 3.05) is 6.54 Å². The maximum Gasteiger partial charge on any atom is 0.323 e. The Morgan fingerprint density at radius 1 is 1.69 bits per heavy atom. The molecule has 1 aromatic heterocycles. The number of likely N-dealkylation sites (tertiary alicyclic amines) is 1. The van der Waals surface area contributed by atoms with Crippen molar-refractivity contribution in [2.24, 2.45) is 7.05 Å². The first-order valence-corrected chi connectivity index (χ1v) is 5.49. The van der Waals surface area contributed by atoms with Crippen molar-refractivity contribution >= 4 is 5.97 Å². The second-order valence-corrected chi connectivity index (χ2v) is 4.56. The van der Waals surface area contributed by atoms with Crippen LogP contribution in [-0.2, 0) is 18.4 Å².